The third kappa shape index (κ3) is 2.73. The third-order valence-corrected chi connectivity index (χ3v) is 3.22. The van der Waals surface area contributed by atoms with Gasteiger partial charge < -0.3 is 15.4 Å². The van der Waals surface area contributed by atoms with Crippen molar-refractivity contribution in [3.63, 3.8) is 0 Å². The second-order valence-electron chi connectivity index (χ2n) is 4.43. The molecule has 0 atom stereocenters. The molecule has 2 aromatic rings. The van der Waals surface area contributed by atoms with Crippen molar-refractivity contribution in [2.45, 2.75) is 6.54 Å². The van der Waals surface area contributed by atoms with Crippen molar-refractivity contribution in [1.29, 1.82) is 5.26 Å². The molecule has 0 aliphatic heterocycles. The van der Waals surface area contributed by atoms with E-state index < -0.39 is 0 Å². The number of ether oxygens (including phenoxy) is 1. The molecule has 0 unspecified atom stereocenters. The number of nitrogens with two attached hydrogens (primary N) is 1. The molecule has 102 valence electrons. The standard InChI is InChI=1S/C16H17N3O/c1-19(14-4-3-5-15(9-14)20-2)16-7-6-12(10-17)8-13(16)11-18/h3-9H,10,17H2,1-2H3. The highest BCUT2D eigenvalue weighted by molar-refractivity contribution is 5.70. The molecule has 0 spiro atoms. The molecule has 0 aliphatic rings. The largest absolute Gasteiger partial charge is 0.497 e. The van der Waals surface area contributed by atoms with Gasteiger partial charge in [0.1, 0.15) is 11.8 Å². The monoisotopic (exact) mass is 267 g/mol. The first kappa shape index (κ1) is 13.9. The minimum atomic E-state index is 0.428. The van der Waals surface area contributed by atoms with E-state index in [0.717, 1.165) is 22.7 Å². The number of hydrogen-bond acceptors (Lipinski definition) is 4. The van der Waals surface area contributed by atoms with Gasteiger partial charge in [0.15, 0.2) is 0 Å². The average molecular weight is 267 g/mol. The Hall–Kier alpha value is -2.51. The van der Waals surface area contributed by atoms with Gasteiger partial charge in [-0.3, -0.25) is 0 Å². The zero-order valence-corrected chi connectivity index (χ0v) is 11.6. The van der Waals surface area contributed by atoms with Gasteiger partial charge in [0.05, 0.1) is 18.4 Å². The minimum Gasteiger partial charge on any atom is -0.497 e. The molecule has 4 heteroatoms. The molecule has 2 rings (SSSR count). The second kappa shape index (κ2) is 6.09. The lowest BCUT2D eigenvalue weighted by atomic mass is 10.1. The van der Waals surface area contributed by atoms with Gasteiger partial charge in [0.25, 0.3) is 0 Å². The molecule has 2 N–H and O–H groups in total. The summed E-state index contributed by atoms with van der Waals surface area (Å²) in [7, 11) is 3.56. The van der Waals surface area contributed by atoms with E-state index in [1.165, 1.54) is 0 Å². The van der Waals surface area contributed by atoms with E-state index in [9.17, 15) is 5.26 Å². The maximum Gasteiger partial charge on any atom is 0.120 e. The number of methoxy groups -OCH3 is 1. The maximum atomic E-state index is 9.29. The molecular weight excluding hydrogens is 250 g/mol. The van der Waals surface area contributed by atoms with Crippen molar-refractivity contribution in [2.24, 2.45) is 5.73 Å². The van der Waals surface area contributed by atoms with Crippen LogP contribution in [0.2, 0.25) is 0 Å². The van der Waals surface area contributed by atoms with Crippen LogP contribution in [0.3, 0.4) is 0 Å². The summed E-state index contributed by atoms with van der Waals surface area (Å²) in [5, 5.41) is 9.29. The Balaban J connectivity index is 2.42. The first-order valence-corrected chi connectivity index (χ1v) is 6.30. The third-order valence-electron chi connectivity index (χ3n) is 3.22. The van der Waals surface area contributed by atoms with Crippen LogP contribution in [0.5, 0.6) is 5.75 Å². The number of anilines is 2. The number of nitrogens with zero attached hydrogens (tertiary/aromatic N) is 2. The Morgan fingerprint density at radius 2 is 2.05 bits per heavy atom. The second-order valence-corrected chi connectivity index (χ2v) is 4.43. The fourth-order valence-electron chi connectivity index (χ4n) is 2.05. The van der Waals surface area contributed by atoms with Crippen molar-refractivity contribution in [3.05, 3.63) is 53.6 Å². The van der Waals surface area contributed by atoms with Gasteiger partial charge in [-0.25, -0.2) is 0 Å². The summed E-state index contributed by atoms with van der Waals surface area (Å²) < 4.78 is 5.23. The Morgan fingerprint density at radius 3 is 2.70 bits per heavy atom. The van der Waals surface area contributed by atoms with Crippen LogP contribution in [0.4, 0.5) is 11.4 Å². The van der Waals surface area contributed by atoms with Crippen LogP contribution in [0, 0.1) is 11.3 Å². The Kier molecular flexibility index (Phi) is 4.24. The number of nitriles is 1. The van der Waals surface area contributed by atoms with E-state index >= 15 is 0 Å². The summed E-state index contributed by atoms with van der Waals surface area (Å²) >= 11 is 0. The normalized spacial score (nSPS) is 9.90. The van der Waals surface area contributed by atoms with Gasteiger partial charge in [0, 0.05) is 25.3 Å². The summed E-state index contributed by atoms with van der Waals surface area (Å²) in [6.07, 6.45) is 0. The fourth-order valence-corrected chi connectivity index (χ4v) is 2.05. The topological polar surface area (TPSA) is 62.3 Å². The number of benzene rings is 2. The maximum absolute atomic E-state index is 9.29. The lowest BCUT2D eigenvalue weighted by Gasteiger charge is -2.21. The molecule has 0 radical (unpaired) electrons. The first-order valence-electron chi connectivity index (χ1n) is 6.30. The molecule has 4 nitrogen and oxygen atoms in total. The molecular formula is C16H17N3O. The van der Waals surface area contributed by atoms with Gasteiger partial charge in [-0.05, 0) is 29.8 Å². The summed E-state index contributed by atoms with van der Waals surface area (Å²) in [6.45, 7) is 0.428. The van der Waals surface area contributed by atoms with Crippen molar-refractivity contribution < 1.29 is 4.74 Å². The molecule has 0 fully saturated rings. The van der Waals surface area contributed by atoms with Gasteiger partial charge in [-0.15, -0.1) is 0 Å². The minimum absolute atomic E-state index is 0.428. The van der Waals surface area contributed by atoms with Crippen LogP contribution in [0.25, 0.3) is 0 Å². The Morgan fingerprint density at radius 1 is 1.25 bits per heavy atom. The summed E-state index contributed by atoms with van der Waals surface area (Å²) in [4.78, 5) is 1.96. The molecule has 0 aromatic heterocycles. The zero-order valence-electron chi connectivity index (χ0n) is 11.6. The van der Waals surface area contributed by atoms with E-state index in [4.69, 9.17) is 10.5 Å². The van der Waals surface area contributed by atoms with Crippen molar-refractivity contribution in [3.8, 4) is 11.8 Å². The predicted molar refractivity (Wildman–Crippen MR) is 80.1 cm³/mol. The quantitative estimate of drug-likeness (QED) is 0.925. The van der Waals surface area contributed by atoms with E-state index in [0.29, 0.717) is 12.1 Å². The molecule has 0 aliphatic carbocycles. The highest BCUT2D eigenvalue weighted by atomic mass is 16.5. The van der Waals surface area contributed by atoms with Crippen LogP contribution in [-0.4, -0.2) is 14.2 Å². The summed E-state index contributed by atoms with van der Waals surface area (Å²) in [6, 6.07) is 15.6. The van der Waals surface area contributed by atoms with Crippen molar-refractivity contribution in [2.75, 3.05) is 19.1 Å². The molecule has 0 heterocycles. The van der Waals surface area contributed by atoms with E-state index in [-0.39, 0.29) is 0 Å². The van der Waals surface area contributed by atoms with Crippen LogP contribution in [0.1, 0.15) is 11.1 Å². The molecule has 0 saturated carbocycles. The summed E-state index contributed by atoms with van der Waals surface area (Å²) in [5.41, 5.74) is 8.97. The molecule has 20 heavy (non-hydrogen) atoms. The Labute approximate surface area is 119 Å². The molecule has 0 amide bonds. The van der Waals surface area contributed by atoms with Gasteiger partial charge in [-0.1, -0.05) is 12.1 Å². The number of hydrogen-bond donors (Lipinski definition) is 1. The molecule has 0 bridgehead atoms. The van der Waals surface area contributed by atoms with Gasteiger partial charge >= 0.3 is 0 Å². The lowest BCUT2D eigenvalue weighted by molar-refractivity contribution is 0.415. The van der Waals surface area contributed by atoms with Crippen LogP contribution in [0.15, 0.2) is 42.5 Å². The molecule has 0 saturated heterocycles. The fraction of sp³-hybridized carbons (Fsp3) is 0.188. The van der Waals surface area contributed by atoms with E-state index in [2.05, 4.69) is 6.07 Å². The van der Waals surface area contributed by atoms with Crippen molar-refractivity contribution >= 4 is 11.4 Å². The highest BCUT2D eigenvalue weighted by Gasteiger charge is 2.10. The predicted octanol–water partition coefficient (Wildman–Crippen LogP) is 2.79. The smallest absolute Gasteiger partial charge is 0.120 e. The van der Waals surface area contributed by atoms with Crippen molar-refractivity contribution in [1.82, 2.24) is 0 Å². The van der Waals surface area contributed by atoms with E-state index in [1.807, 2.05) is 54.4 Å². The van der Waals surface area contributed by atoms with Crippen LogP contribution in [-0.2, 0) is 6.54 Å². The van der Waals surface area contributed by atoms with Gasteiger partial charge in [0.2, 0.25) is 0 Å². The SMILES string of the molecule is COc1cccc(N(C)c2ccc(CN)cc2C#N)c1. The zero-order chi connectivity index (χ0) is 14.5. The van der Waals surface area contributed by atoms with Crippen LogP contribution >= 0.6 is 0 Å². The molecule has 2 aromatic carbocycles. The first-order chi connectivity index (χ1) is 9.69. The van der Waals surface area contributed by atoms with E-state index in [1.54, 1.807) is 7.11 Å². The Bertz CT molecular complexity index is 646. The van der Waals surface area contributed by atoms with Crippen LogP contribution < -0.4 is 15.4 Å². The summed E-state index contributed by atoms with van der Waals surface area (Å²) in [5.74, 6) is 0.784. The lowest BCUT2D eigenvalue weighted by Crippen LogP contribution is -2.11. The average Bonchev–Trinajstić information content (AvgIpc) is 2.53. The highest BCUT2D eigenvalue weighted by Crippen LogP contribution is 2.29. The number of rotatable bonds is 4. The van der Waals surface area contributed by atoms with Gasteiger partial charge in [-0.2, -0.15) is 5.26 Å².